The quantitative estimate of drug-likeness (QED) is 0.879. The molecule has 0 radical (unpaired) electrons. The second-order valence-electron chi connectivity index (χ2n) is 4.51. The molecule has 0 fully saturated rings. The van der Waals surface area contributed by atoms with Crippen molar-refractivity contribution in [1.29, 1.82) is 0 Å². The van der Waals surface area contributed by atoms with Crippen LogP contribution in [0.25, 0.3) is 0 Å². The van der Waals surface area contributed by atoms with Gasteiger partial charge in [-0.2, -0.15) is 5.10 Å². The van der Waals surface area contributed by atoms with E-state index in [-0.39, 0.29) is 11.8 Å². The van der Waals surface area contributed by atoms with E-state index in [1.54, 1.807) is 12.1 Å². The third-order valence-electron chi connectivity index (χ3n) is 3.24. The van der Waals surface area contributed by atoms with Gasteiger partial charge in [-0.3, -0.25) is 0 Å². The van der Waals surface area contributed by atoms with Gasteiger partial charge in [-0.15, -0.1) is 0 Å². The minimum atomic E-state index is 0.131. The number of rotatable bonds is 2. The van der Waals surface area contributed by atoms with Gasteiger partial charge in [-0.05, 0) is 29.8 Å². The van der Waals surface area contributed by atoms with Crippen LogP contribution in [-0.2, 0) is 0 Å². The monoisotopic (exact) mass is 272 g/mol. The molecular formula is C15H13ClN2O. The van der Waals surface area contributed by atoms with Gasteiger partial charge in [-0.1, -0.05) is 35.9 Å². The van der Waals surface area contributed by atoms with Crippen LogP contribution in [0, 0.1) is 0 Å². The largest absolute Gasteiger partial charge is 0.507 e. The van der Waals surface area contributed by atoms with Gasteiger partial charge >= 0.3 is 0 Å². The lowest BCUT2D eigenvalue weighted by molar-refractivity contribution is 0.474. The maximum absolute atomic E-state index is 9.84. The zero-order valence-corrected chi connectivity index (χ0v) is 10.9. The molecule has 1 heterocycles. The fraction of sp³-hybridized carbons (Fsp3) is 0.133. The van der Waals surface area contributed by atoms with E-state index in [9.17, 15) is 5.11 Å². The Morgan fingerprint density at radius 3 is 2.58 bits per heavy atom. The van der Waals surface area contributed by atoms with E-state index < -0.39 is 0 Å². The van der Waals surface area contributed by atoms with Crippen LogP contribution in [-0.4, -0.2) is 10.8 Å². The van der Waals surface area contributed by atoms with Crippen molar-refractivity contribution >= 4 is 17.3 Å². The third-order valence-corrected chi connectivity index (χ3v) is 3.49. The van der Waals surface area contributed by atoms with Gasteiger partial charge in [0, 0.05) is 17.0 Å². The van der Waals surface area contributed by atoms with Crippen molar-refractivity contribution in [3.63, 3.8) is 0 Å². The smallest absolute Gasteiger partial charge is 0.124 e. The van der Waals surface area contributed by atoms with Crippen molar-refractivity contribution in [3.05, 3.63) is 64.7 Å². The highest BCUT2D eigenvalue weighted by Gasteiger charge is 2.22. The molecule has 0 spiro atoms. The van der Waals surface area contributed by atoms with Crippen molar-refractivity contribution in [2.75, 3.05) is 0 Å². The number of hydrogen-bond donors (Lipinski definition) is 2. The van der Waals surface area contributed by atoms with Gasteiger partial charge < -0.3 is 10.5 Å². The molecule has 4 heteroatoms. The molecule has 0 bridgehead atoms. The van der Waals surface area contributed by atoms with E-state index in [1.165, 1.54) is 0 Å². The van der Waals surface area contributed by atoms with Crippen LogP contribution >= 0.6 is 11.6 Å². The topological polar surface area (TPSA) is 44.6 Å². The molecule has 0 amide bonds. The standard InChI is InChI=1S/C15H13ClN2O/c16-11-7-5-10(6-8-11)13-9-14(18-17-13)12-3-1-2-4-15(12)19/h1-8,13,17,19H,9H2/t13-/m1/s1. The Bertz CT molecular complexity index is 622. The summed E-state index contributed by atoms with van der Waals surface area (Å²) < 4.78 is 0. The highest BCUT2D eigenvalue weighted by molar-refractivity contribution is 6.30. The molecule has 0 aromatic heterocycles. The Balaban J connectivity index is 1.80. The van der Waals surface area contributed by atoms with E-state index >= 15 is 0 Å². The number of halogens is 1. The Hall–Kier alpha value is -2.00. The first-order chi connectivity index (χ1) is 9.24. The summed E-state index contributed by atoms with van der Waals surface area (Å²) in [4.78, 5) is 0. The summed E-state index contributed by atoms with van der Waals surface area (Å²) in [7, 11) is 0. The summed E-state index contributed by atoms with van der Waals surface area (Å²) in [5.74, 6) is 0.264. The van der Waals surface area contributed by atoms with Crippen molar-refractivity contribution in [1.82, 2.24) is 5.43 Å². The lowest BCUT2D eigenvalue weighted by Gasteiger charge is -2.10. The molecule has 1 atom stereocenters. The first kappa shape index (κ1) is 12.1. The fourth-order valence-corrected chi connectivity index (χ4v) is 2.34. The fourth-order valence-electron chi connectivity index (χ4n) is 2.22. The van der Waals surface area contributed by atoms with Gasteiger partial charge in [-0.25, -0.2) is 0 Å². The molecule has 2 aromatic carbocycles. The first-order valence-electron chi connectivity index (χ1n) is 6.10. The van der Waals surface area contributed by atoms with Crippen molar-refractivity contribution in [2.45, 2.75) is 12.5 Å². The van der Waals surface area contributed by atoms with E-state index in [4.69, 9.17) is 11.6 Å². The van der Waals surface area contributed by atoms with Crippen LogP contribution in [0.2, 0.25) is 5.02 Å². The maximum Gasteiger partial charge on any atom is 0.124 e. The van der Waals surface area contributed by atoms with Gasteiger partial charge in [0.25, 0.3) is 0 Å². The maximum atomic E-state index is 9.84. The third kappa shape index (κ3) is 2.42. The first-order valence-corrected chi connectivity index (χ1v) is 6.48. The van der Waals surface area contributed by atoms with Gasteiger partial charge in [0.2, 0.25) is 0 Å². The zero-order chi connectivity index (χ0) is 13.2. The average molecular weight is 273 g/mol. The summed E-state index contributed by atoms with van der Waals surface area (Å²) in [6.07, 6.45) is 0.749. The molecule has 3 nitrogen and oxygen atoms in total. The number of para-hydroxylation sites is 1. The predicted octanol–water partition coefficient (Wildman–Crippen LogP) is 3.48. The summed E-state index contributed by atoms with van der Waals surface area (Å²) in [6, 6.07) is 15.1. The second kappa shape index (κ2) is 4.94. The minimum Gasteiger partial charge on any atom is -0.507 e. The molecule has 0 saturated heterocycles. The van der Waals surface area contributed by atoms with Crippen LogP contribution in [0.4, 0.5) is 0 Å². The van der Waals surface area contributed by atoms with Crippen molar-refractivity contribution in [2.24, 2.45) is 5.10 Å². The van der Waals surface area contributed by atoms with Gasteiger partial charge in [0.15, 0.2) is 0 Å². The molecule has 19 heavy (non-hydrogen) atoms. The molecule has 2 N–H and O–H groups in total. The number of nitrogens with one attached hydrogen (secondary N) is 1. The Morgan fingerprint density at radius 1 is 1.11 bits per heavy atom. The summed E-state index contributed by atoms with van der Waals surface area (Å²) >= 11 is 5.88. The van der Waals surface area contributed by atoms with E-state index in [1.807, 2.05) is 36.4 Å². The lowest BCUT2D eigenvalue weighted by atomic mass is 9.99. The van der Waals surface area contributed by atoms with E-state index in [0.29, 0.717) is 0 Å². The molecule has 0 unspecified atom stereocenters. The number of phenolic OH excluding ortho intramolecular Hbond substituents is 1. The number of aromatic hydroxyl groups is 1. The summed E-state index contributed by atoms with van der Waals surface area (Å²) in [6.45, 7) is 0. The zero-order valence-electron chi connectivity index (χ0n) is 10.2. The molecule has 0 aliphatic carbocycles. The second-order valence-corrected chi connectivity index (χ2v) is 4.95. The van der Waals surface area contributed by atoms with Crippen LogP contribution < -0.4 is 5.43 Å². The minimum absolute atomic E-state index is 0.131. The van der Waals surface area contributed by atoms with Crippen LogP contribution in [0.5, 0.6) is 5.75 Å². The predicted molar refractivity (Wildman–Crippen MR) is 76.6 cm³/mol. The number of benzene rings is 2. The SMILES string of the molecule is Oc1ccccc1C1=NN[C@@H](c2ccc(Cl)cc2)C1. The normalized spacial score (nSPS) is 17.9. The van der Waals surface area contributed by atoms with Crippen molar-refractivity contribution in [3.8, 4) is 5.75 Å². The molecule has 1 aliphatic rings. The Morgan fingerprint density at radius 2 is 1.84 bits per heavy atom. The van der Waals surface area contributed by atoms with Gasteiger partial charge in [0.1, 0.15) is 5.75 Å². The number of nitrogens with zero attached hydrogens (tertiary/aromatic N) is 1. The number of hydrogen-bond acceptors (Lipinski definition) is 3. The summed E-state index contributed by atoms with van der Waals surface area (Å²) in [5, 5.41) is 14.9. The Labute approximate surface area is 116 Å². The highest BCUT2D eigenvalue weighted by Crippen LogP contribution is 2.28. The van der Waals surface area contributed by atoms with Crippen molar-refractivity contribution < 1.29 is 5.11 Å². The summed E-state index contributed by atoms with van der Waals surface area (Å²) in [5.41, 5.74) is 5.90. The van der Waals surface area contributed by atoms with Crippen LogP contribution in [0.1, 0.15) is 23.6 Å². The molecule has 1 aliphatic heterocycles. The van der Waals surface area contributed by atoms with E-state index in [2.05, 4.69) is 10.5 Å². The van der Waals surface area contributed by atoms with Crippen LogP contribution in [0.3, 0.4) is 0 Å². The molecule has 96 valence electrons. The highest BCUT2D eigenvalue weighted by atomic mass is 35.5. The van der Waals surface area contributed by atoms with Crippen LogP contribution in [0.15, 0.2) is 53.6 Å². The molecular weight excluding hydrogens is 260 g/mol. The van der Waals surface area contributed by atoms with Gasteiger partial charge in [0.05, 0.1) is 11.8 Å². The Kier molecular flexibility index (Phi) is 3.13. The molecule has 2 aromatic rings. The molecule has 0 saturated carbocycles. The average Bonchev–Trinajstić information content (AvgIpc) is 2.89. The molecule has 3 rings (SSSR count). The van der Waals surface area contributed by atoms with E-state index in [0.717, 1.165) is 28.3 Å². The lowest BCUT2D eigenvalue weighted by Crippen LogP contribution is -2.09. The number of hydrazone groups is 1. The number of phenols is 1.